The van der Waals surface area contributed by atoms with Crippen molar-refractivity contribution in [1.82, 2.24) is 19.8 Å². The summed E-state index contributed by atoms with van der Waals surface area (Å²) in [6.07, 6.45) is 3.14. The molecule has 0 saturated carbocycles. The van der Waals surface area contributed by atoms with E-state index in [0.717, 1.165) is 21.7 Å². The first kappa shape index (κ1) is 19.8. The molecule has 9 heteroatoms. The SMILES string of the molecule is COC(Cc1ccccc1)N1CC(=O)N(c2cnn(Cc3c(C)noc3C)c2)C1=O. The summed E-state index contributed by atoms with van der Waals surface area (Å²) in [5.41, 5.74) is 3.16. The molecule has 0 N–H and O–H groups in total. The fourth-order valence-corrected chi connectivity index (χ4v) is 3.58. The summed E-state index contributed by atoms with van der Waals surface area (Å²) < 4.78 is 12.4. The summed E-state index contributed by atoms with van der Waals surface area (Å²) in [5.74, 6) is 0.403. The van der Waals surface area contributed by atoms with E-state index < -0.39 is 12.3 Å². The van der Waals surface area contributed by atoms with E-state index in [1.54, 1.807) is 10.9 Å². The molecule has 1 aliphatic heterocycles. The number of methoxy groups -OCH3 is 1. The highest BCUT2D eigenvalue weighted by Crippen LogP contribution is 2.24. The summed E-state index contributed by atoms with van der Waals surface area (Å²) in [6, 6.07) is 9.30. The molecule has 1 fully saturated rings. The molecule has 3 amide bonds. The molecule has 1 aromatic carbocycles. The zero-order valence-electron chi connectivity index (χ0n) is 17.1. The molecule has 9 nitrogen and oxygen atoms in total. The summed E-state index contributed by atoms with van der Waals surface area (Å²) in [4.78, 5) is 28.3. The number of benzene rings is 1. The number of rotatable bonds is 7. The number of ether oxygens (including phenoxy) is 1. The van der Waals surface area contributed by atoms with Gasteiger partial charge in [-0.15, -0.1) is 0 Å². The van der Waals surface area contributed by atoms with E-state index in [4.69, 9.17) is 9.26 Å². The van der Waals surface area contributed by atoms with Gasteiger partial charge in [0, 0.05) is 25.3 Å². The van der Waals surface area contributed by atoms with Crippen LogP contribution in [0.3, 0.4) is 0 Å². The van der Waals surface area contributed by atoms with Crippen LogP contribution in [-0.2, 0) is 22.5 Å². The molecule has 1 unspecified atom stereocenters. The van der Waals surface area contributed by atoms with Gasteiger partial charge in [0.2, 0.25) is 0 Å². The predicted octanol–water partition coefficient (Wildman–Crippen LogP) is 2.52. The maximum absolute atomic E-state index is 13.0. The molecule has 0 radical (unpaired) electrons. The molecule has 1 atom stereocenters. The number of hydrogen-bond acceptors (Lipinski definition) is 6. The minimum atomic E-state index is -0.536. The van der Waals surface area contributed by atoms with Crippen LogP contribution in [0.4, 0.5) is 10.5 Å². The van der Waals surface area contributed by atoms with Crippen molar-refractivity contribution in [3.63, 3.8) is 0 Å². The van der Waals surface area contributed by atoms with Gasteiger partial charge in [-0.2, -0.15) is 5.10 Å². The standard InChI is InChI=1S/C21H23N5O4/c1-14-18(15(2)30-23-14)12-24-11-17(10-22-24)26-19(27)13-25(21(26)28)20(29-3)9-16-7-5-4-6-8-16/h4-8,10-11,20H,9,12-13H2,1-3H3. The van der Waals surface area contributed by atoms with Gasteiger partial charge in [0.15, 0.2) is 0 Å². The van der Waals surface area contributed by atoms with Gasteiger partial charge in [0.25, 0.3) is 5.91 Å². The van der Waals surface area contributed by atoms with E-state index in [9.17, 15) is 9.59 Å². The zero-order valence-corrected chi connectivity index (χ0v) is 17.1. The second kappa shape index (κ2) is 8.11. The van der Waals surface area contributed by atoms with Crippen LogP contribution in [0.15, 0.2) is 47.2 Å². The topological polar surface area (TPSA) is 93.7 Å². The Morgan fingerprint density at radius 2 is 1.97 bits per heavy atom. The fourth-order valence-electron chi connectivity index (χ4n) is 3.58. The van der Waals surface area contributed by atoms with Gasteiger partial charge < -0.3 is 9.26 Å². The number of anilines is 1. The largest absolute Gasteiger partial charge is 0.361 e. The Hall–Kier alpha value is -3.46. The number of amides is 3. The van der Waals surface area contributed by atoms with Crippen LogP contribution in [0.25, 0.3) is 0 Å². The van der Waals surface area contributed by atoms with Crippen molar-refractivity contribution in [1.29, 1.82) is 0 Å². The lowest BCUT2D eigenvalue weighted by Gasteiger charge is -2.25. The molecule has 0 bridgehead atoms. The molecule has 1 aliphatic rings. The van der Waals surface area contributed by atoms with E-state index in [1.807, 2.05) is 44.2 Å². The number of carbonyl (C=O) groups is 2. The number of imide groups is 1. The van der Waals surface area contributed by atoms with Crippen LogP contribution < -0.4 is 4.90 Å². The minimum absolute atomic E-state index is 0.0424. The van der Waals surface area contributed by atoms with Gasteiger partial charge in [0.1, 0.15) is 18.5 Å². The van der Waals surface area contributed by atoms with Gasteiger partial charge >= 0.3 is 6.03 Å². The predicted molar refractivity (Wildman–Crippen MR) is 108 cm³/mol. The number of carbonyl (C=O) groups excluding carboxylic acids is 2. The Balaban J connectivity index is 1.51. The van der Waals surface area contributed by atoms with Crippen molar-refractivity contribution in [2.75, 3.05) is 18.6 Å². The van der Waals surface area contributed by atoms with Gasteiger partial charge in [-0.05, 0) is 19.4 Å². The summed E-state index contributed by atoms with van der Waals surface area (Å²) in [6.45, 7) is 4.09. The number of aromatic nitrogens is 3. The normalized spacial score (nSPS) is 15.3. The maximum Gasteiger partial charge on any atom is 0.334 e. The molecule has 4 rings (SSSR count). The van der Waals surface area contributed by atoms with Crippen molar-refractivity contribution in [3.8, 4) is 0 Å². The molecule has 3 heterocycles. The average molecular weight is 409 g/mol. The molecular formula is C21H23N5O4. The van der Waals surface area contributed by atoms with Crippen molar-refractivity contribution >= 4 is 17.6 Å². The van der Waals surface area contributed by atoms with Crippen molar-refractivity contribution < 1.29 is 18.8 Å². The average Bonchev–Trinajstić information content (AvgIpc) is 3.41. The van der Waals surface area contributed by atoms with Crippen LogP contribution in [0.1, 0.15) is 22.6 Å². The van der Waals surface area contributed by atoms with Crippen LogP contribution in [0.2, 0.25) is 0 Å². The fraction of sp³-hybridized carbons (Fsp3) is 0.333. The van der Waals surface area contributed by atoms with Gasteiger partial charge in [-0.25, -0.2) is 9.69 Å². The van der Waals surface area contributed by atoms with Crippen LogP contribution in [0, 0.1) is 13.8 Å². The third kappa shape index (κ3) is 3.71. The first-order valence-electron chi connectivity index (χ1n) is 9.62. The zero-order chi connectivity index (χ0) is 21.3. The molecular weight excluding hydrogens is 386 g/mol. The second-order valence-electron chi connectivity index (χ2n) is 7.22. The molecule has 1 saturated heterocycles. The number of aryl methyl sites for hydroxylation is 2. The van der Waals surface area contributed by atoms with Crippen LogP contribution in [-0.4, -0.2) is 51.7 Å². The number of nitrogens with zero attached hydrogens (tertiary/aromatic N) is 5. The van der Waals surface area contributed by atoms with Crippen LogP contribution >= 0.6 is 0 Å². The van der Waals surface area contributed by atoms with E-state index in [2.05, 4.69) is 10.3 Å². The second-order valence-corrected chi connectivity index (χ2v) is 7.22. The highest BCUT2D eigenvalue weighted by molar-refractivity contribution is 6.19. The van der Waals surface area contributed by atoms with Crippen molar-refractivity contribution in [2.24, 2.45) is 0 Å². The third-order valence-corrected chi connectivity index (χ3v) is 5.24. The Morgan fingerprint density at radius 1 is 1.20 bits per heavy atom. The first-order chi connectivity index (χ1) is 14.5. The lowest BCUT2D eigenvalue weighted by molar-refractivity contribution is -0.118. The van der Waals surface area contributed by atoms with Gasteiger partial charge in [-0.3, -0.25) is 14.4 Å². The number of hydrogen-bond donors (Lipinski definition) is 0. The molecule has 0 spiro atoms. The van der Waals surface area contributed by atoms with E-state index in [1.165, 1.54) is 18.2 Å². The van der Waals surface area contributed by atoms with Crippen molar-refractivity contribution in [3.05, 3.63) is 65.3 Å². The maximum atomic E-state index is 13.0. The van der Waals surface area contributed by atoms with Gasteiger partial charge in [-0.1, -0.05) is 35.5 Å². The van der Waals surface area contributed by atoms with E-state index in [-0.39, 0.29) is 12.5 Å². The lowest BCUT2D eigenvalue weighted by Crippen LogP contribution is -2.41. The minimum Gasteiger partial charge on any atom is -0.361 e. The van der Waals surface area contributed by atoms with E-state index in [0.29, 0.717) is 24.4 Å². The Morgan fingerprint density at radius 3 is 2.63 bits per heavy atom. The first-order valence-corrected chi connectivity index (χ1v) is 9.62. The molecule has 3 aromatic rings. The summed E-state index contributed by atoms with van der Waals surface area (Å²) in [5, 5.41) is 8.23. The molecule has 0 aliphatic carbocycles. The van der Waals surface area contributed by atoms with Crippen LogP contribution in [0.5, 0.6) is 0 Å². The highest BCUT2D eigenvalue weighted by atomic mass is 16.5. The molecule has 156 valence electrons. The lowest BCUT2D eigenvalue weighted by atomic mass is 10.1. The monoisotopic (exact) mass is 409 g/mol. The Kier molecular flexibility index (Phi) is 5.37. The Labute approximate surface area is 173 Å². The summed E-state index contributed by atoms with van der Waals surface area (Å²) in [7, 11) is 1.54. The number of urea groups is 1. The third-order valence-electron chi connectivity index (χ3n) is 5.24. The quantitative estimate of drug-likeness (QED) is 0.557. The smallest absolute Gasteiger partial charge is 0.334 e. The van der Waals surface area contributed by atoms with Crippen molar-refractivity contribution in [2.45, 2.75) is 33.0 Å². The van der Waals surface area contributed by atoms with Gasteiger partial charge in [0.05, 0.1) is 24.1 Å². The summed E-state index contributed by atoms with van der Waals surface area (Å²) >= 11 is 0. The Bertz CT molecular complexity index is 1040. The van der Waals surface area contributed by atoms with E-state index >= 15 is 0 Å². The molecule has 2 aromatic heterocycles. The highest BCUT2D eigenvalue weighted by Gasteiger charge is 2.41. The molecule has 30 heavy (non-hydrogen) atoms.